The first-order valence-corrected chi connectivity index (χ1v) is 11.0. The summed E-state index contributed by atoms with van der Waals surface area (Å²) in [7, 11) is -3.61. The molecule has 0 fully saturated rings. The van der Waals surface area contributed by atoms with Gasteiger partial charge in [-0.15, -0.1) is 23.7 Å². The predicted molar refractivity (Wildman–Crippen MR) is 112 cm³/mol. The topological polar surface area (TPSA) is 101 Å². The first-order chi connectivity index (χ1) is 12.5. The Balaban J connectivity index is 0.00000364. The molecule has 1 unspecified atom stereocenters. The van der Waals surface area contributed by atoms with Crippen molar-refractivity contribution >= 4 is 39.7 Å². The summed E-state index contributed by atoms with van der Waals surface area (Å²) in [6.07, 6.45) is 2.87. The zero-order valence-electron chi connectivity index (χ0n) is 15.2. The number of unbranched alkanes of at least 4 members (excludes halogenated alkanes) is 1. The molecule has 0 radical (unpaired) electrons. The molecule has 2 rings (SSSR count). The van der Waals surface area contributed by atoms with Gasteiger partial charge in [-0.3, -0.25) is 4.79 Å². The second kappa shape index (κ2) is 11.4. The molecule has 0 aliphatic heterocycles. The lowest BCUT2D eigenvalue weighted by Crippen LogP contribution is -2.40. The number of carbonyl (C=O) groups excluding carboxylic acids is 1. The fourth-order valence-electron chi connectivity index (χ4n) is 2.42. The first kappa shape index (κ1) is 23.6. The minimum absolute atomic E-state index is 0. The third-order valence-corrected chi connectivity index (χ3v) is 6.26. The Morgan fingerprint density at radius 3 is 2.48 bits per heavy atom. The van der Waals surface area contributed by atoms with Gasteiger partial charge in [0.1, 0.15) is 0 Å². The van der Waals surface area contributed by atoms with Crippen LogP contribution in [0.2, 0.25) is 0 Å². The molecular formula is C18H26ClN3O3S2. The van der Waals surface area contributed by atoms with Crippen molar-refractivity contribution in [2.45, 2.75) is 43.7 Å². The van der Waals surface area contributed by atoms with Crippen LogP contribution in [0.25, 0.3) is 0 Å². The molecule has 0 aliphatic rings. The lowest BCUT2D eigenvalue weighted by atomic mass is 10.1. The minimum Gasteiger partial charge on any atom is -0.348 e. The van der Waals surface area contributed by atoms with Crippen LogP contribution in [0.3, 0.4) is 0 Å². The molecule has 9 heteroatoms. The van der Waals surface area contributed by atoms with Crippen molar-refractivity contribution in [3.05, 3.63) is 52.2 Å². The summed E-state index contributed by atoms with van der Waals surface area (Å²) in [6.45, 7) is 2.71. The standard InChI is InChI=1S/C18H25N3O3S2.ClH/c1-2-3-5-15(12-19)21-18(22)14-7-9-17(10-8-14)26(23,24)20-13-16-6-4-11-25-16;/h4,6-11,15,20H,2-3,5,12-13,19H2,1H3,(H,21,22);1H. The van der Waals surface area contributed by atoms with Crippen molar-refractivity contribution in [2.75, 3.05) is 6.54 Å². The van der Waals surface area contributed by atoms with Crippen LogP contribution < -0.4 is 15.8 Å². The molecule has 2 aromatic rings. The normalized spacial score (nSPS) is 12.2. The quantitative estimate of drug-likeness (QED) is 0.538. The van der Waals surface area contributed by atoms with Crippen LogP contribution in [0.4, 0.5) is 0 Å². The second-order valence-electron chi connectivity index (χ2n) is 5.98. The van der Waals surface area contributed by atoms with E-state index in [0.29, 0.717) is 12.1 Å². The molecule has 6 nitrogen and oxygen atoms in total. The highest BCUT2D eigenvalue weighted by Crippen LogP contribution is 2.13. The van der Waals surface area contributed by atoms with Crippen LogP contribution >= 0.6 is 23.7 Å². The van der Waals surface area contributed by atoms with E-state index in [0.717, 1.165) is 24.1 Å². The average molecular weight is 432 g/mol. The molecule has 1 heterocycles. The lowest BCUT2D eigenvalue weighted by molar-refractivity contribution is 0.0935. The number of hydrogen-bond donors (Lipinski definition) is 3. The SMILES string of the molecule is CCCCC(CN)NC(=O)c1ccc(S(=O)(=O)NCc2cccs2)cc1.Cl. The Morgan fingerprint density at radius 1 is 1.22 bits per heavy atom. The molecule has 0 aliphatic carbocycles. The van der Waals surface area contributed by atoms with Gasteiger partial charge in [0, 0.05) is 29.6 Å². The van der Waals surface area contributed by atoms with Crippen LogP contribution in [-0.2, 0) is 16.6 Å². The predicted octanol–water partition coefficient (Wildman–Crippen LogP) is 2.90. The highest BCUT2D eigenvalue weighted by Gasteiger charge is 2.16. The monoisotopic (exact) mass is 431 g/mol. The number of amides is 1. The van der Waals surface area contributed by atoms with Crippen LogP contribution in [0.5, 0.6) is 0 Å². The van der Waals surface area contributed by atoms with E-state index in [1.54, 1.807) is 0 Å². The van der Waals surface area contributed by atoms with Crippen LogP contribution in [0.1, 0.15) is 41.4 Å². The van der Waals surface area contributed by atoms with Crippen molar-refractivity contribution in [3.63, 3.8) is 0 Å². The summed E-state index contributed by atoms with van der Waals surface area (Å²) in [5, 5.41) is 4.79. The van der Waals surface area contributed by atoms with Gasteiger partial charge in [0.15, 0.2) is 0 Å². The van der Waals surface area contributed by atoms with Gasteiger partial charge in [0.25, 0.3) is 5.91 Å². The van der Waals surface area contributed by atoms with Crippen LogP contribution in [0, 0.1) is 0 Å². The number of carbonyl (C=O) groups is 1. The molecule has 1 amide bonds. The number of benzene rings is 1. The van der Waals surface area contributed by atoms with Gasteiger partial charge >= 0.3 is 0 Å². The van der Waals surface area contributed by atoms with Gasteiger partial charge in [-0.1, -0.05) is 25.8 Å². The van der Waals surface area contributed by atoms with Gasteiger partial charge in [-0.2, -0.15) is 0 Å². The minimum atomic E-state index is -3.61. The number of thiophene rings is 1. The molecule has 0 bridgehead atoms. The van der Waals surface area contributed by atoms with Crippen molar-refractivity contribution in [1.82, 2.24) is 10.0 Å². The van der Waals surface area contributed by atoms with Gasteiger partial charge in [0.05, 0.1) is 4.90 Å². The van der Waals surface area contributed by atoms with Gasteiger partial charge in [-0.05, 0) is 42.1 Å². The summed E-state index contributed by atoms with van der Waals surface area (Å²) < 4.78 is 27.2. The Morgan fingerprint density at radius 2 is 1.93 bits per heavy atom. The summed E-state index contributed by atoms with van der Waals surface area (Å²) in [5.74, 6) is -0.243. The molecule has 0 saturated heterocycles. The van der Waals surface area contributed by atoms with E-state index in [1.165, 1.54) is 35.6 Å². The summed E-state index contributed by atoms with van der Waals surface area (Å²) >= 11 is 1.49. The van der Waals surface area contributed by atoms with E-state index in [9.17, 15) is 13.2 Å². The fraction of sp³-hybridized carbons (Fsp3) is 0.389. The van der Waals surface area contributed by atoms with Crippen molar-refractivity contribution in [3.8, 4) is 0 Å². The molecule has 1 aromatic heterocycles. The summed E-state index contributed by atoms with van der Waals surface area (Å²) in [4.78, 5) is 13.4. The lowest BCUT2D eigenvalue weighted by Gasteiger charge is -2.16. The Hall–Kier alpha value is -1.45. The van der Waals surface area contributed by atoms with Crippen molar-refractivity contribution in [2.24, 2.45) is 5.73 Å². The Labute approximate surface area is 171 Å². The van der Waals surface area contributed by atoms with Crippen LogP contribution in [-0.4, -0.2) is 26.9 Å². The van der Waals surface area contributed by atoms with Crippen molar-refractivity contribution < 1.29 is 13.2 Å². The molecular weight excluding hydrogens is 406 g/mol. The number of rotatable bonds is 10. The van der Waals surface area contributed by atoms with E-state index in [1.807, 2.05) is 17.5 Å². The average Bonchev–Trinajstić information content (AvgIpc) is 3.17. The highest BCUT2D eigenvalue weighted by molar-refractivity contribution is 7.89. The van der Waals surface area contributed by atoms with Gasteiger partial charge < -0.3 is 11.1 Å². The number of nitrogens with two attached hydrogens (primary N) is 1. The molecule has 4 N–H and O–H groups in total. The van der Waals surface area contributed by atoms with E-state index >= 15 is 0 Å². The molecule has 0 saturated carbocycles. The zero-order chi connectivity index (χ0) is 19.0. The fourth-order valence-corrected chi connectivity index (χ4v) is 4.16. The highest BCUT2D eigenvalue weighted by atomic mass is 35.5. The van der Waals surface area contributed by atoms with E-state index in [2.05, 4.69) is 17.0 Å². The van der Waals surface area contributed by atoms with Gasteiger partial charge in [-0.25, -0.2) is 13.1 Å². The molecule has 1 aromatic carbocycles. The first-order valence-electron chi connectivity index (χ1n) is 8.59. The van der Waals surface area contributed by atoms with E-state index < -0.39 is 10.0 Å². The Bertz CT molecular complexity index is 794. The largest absolute Gasteiger partial charge is 0.348 e. The third kappa shape index (κ3) is 7.23. The molecule has 0 spiro atoms. The summed E-state index contributed by atoms with van der Waals surface area (Å²) in [6, 6.07) is 9.58. The molecule has 150 valence electrons. The Kier molecular flexibility index (Phi) is 9.97. The summed E-state index contributed by atoms with van der Waals surface area (Å²) in [5.41, 5.74) is 6.11. The van der Waals surface area contributed by atoms with Gasteiger partial charge in [0.2, 0.25) is 10.0 Å². The maximum absolute atomic E-state index is 12.3. The number of hydrogen-bond acceptors (Lipinski definition) is 5. The number of nitrogens with one attached hydrogen (secondary N) is 2. The third-order valence-electron chi connectivity index (χ3n) is 3.97. The van der Waals surface area contributed by atoms with Crippen LogP contribution in [0.15, 0.2) is 46.7 Å². The van der Waals surface area contributed by atoms with E-state index in [-0.39, 0.29) is 35.8 Å². The molecule has 27 heavy (non-hydrogen) atoms. The van der Waals surface area contributed by atoms with Crippen molar-refractivity contribution in [1.29, 1.82) is 0 Å². The zero-order valence-corrected chi connectivity index (χ0v) is 17.6. The second-order valence-corrected chi connectivity index (χ2v) is 8.78. The smallest absolute Gasteiger partial charge is 0.251 e. The number of halogens is 1. The molecule has 1 atom stereocenters. The maximum atomic E-state index is 12.3. The number of sulfonamides is 1. The van der Waals surface area contributed by atoms with E-state index in [4.69, 9.17) is 5.73 Å². The maximum Gasteiger partial charge on any atom is 0.251 e.